The first-order valence-corrected chi connectivity index (χ1v) is 8.85. The molecule has 3 nitrogen and oxygen atoms in total. The summed E-state index contributed by atoms with van der Waals surface area (Å²) in [4.78, 5) is 14.8. The lowest BCUT2D eigenvalue weighted by molar-refractivity contribution is -0.133. The van der Waals surface area contributed by atoms with Crippen LogP contribution in [0.4, 0.5) is 0 Å². The monoisotopic (exact) mass is 278 g/mol. The molecule has 0 aromatic heterocycles. The van der Waals surface area contributed by atoms with Crippen molar-refractivity contribution >= 4 is 5.91 Å². The number of carbonyl (C=O) groups is 1. The van der Waals surface area contributed by atoms with Gasteiger partial charge in [0.05, 0.1) is 0 Å². The molecule has 0 spiro atoms. The Kier molecular flexibility index (Phi) is 4.98. The summed E-state index contributed by atoms with van der Waals surface area (Å²) in [6.07, 6.45) is 12.5. The number of amides is 1. The zero-order chi connectivity index (χ0) is 13.8. The van der Waals surface area contributed by atoms with Gasteiger partial charge in [0, 0.05) is 19.0 Å². The van der Waals surface area contributed by atoms with E-state index in [1.54, 1.807) is 0 Å². The minimum Gasteiger partial charge on any atom is -0.339 e. The van der Waals surface area contributed by atoms with E-state index >= 15 is 0 Å². The molecule has 2 heterocycles. The second kappa shape index (κ2) is 6.93. The Morgan fingerprint density at radius 1 is 1.00 bits per heavy atom. The molecular formula is C17H30N2O. The molecule has 0 radical (unpaired) electrons. The van der Waals surface area contributed by atoms with E-state index in [-0.39, 0.29) is 0 Å². The molecule has 0 bridgehead atoms. The van der Waals surface area contributed by atoms with E-state index in [9.17, 15) is 4.79 Å². The van der Waals surface area contributed by atoms with E-state index in [0.29, 0.717) is 11.9 Å². The average Bonchev–Trinajstić information content (AvgIpc) is 3.17. The fourth-order valence-corrected chi connectivity index (χ4v) is 4.59. The highest BCUT2D eigenvalue weighted by atomic mass is 16.2. The molecule has 0 aromatic carbocycles. The maximum atomic E-state index is 12.6. The van der Waals surface area contributed by atoms with Gasteiger partial charge in [0.15, 0.2) is 0 Å². The normalized spacial score (nSPS) is 29.2. The summed E-state index contributed by atoms with van der Waals surface area (Å²) in [6, 6.07) is 0.563. The van der Waals surface area contributed by atoms with Gasteiger partial charge in [-0.1, -0.05) is 25.7 Å². The minimum absolute atomic E-state index is 0.456. The van der Waals surface area contributed by atoms with Gasteiger partial charge in [-0.2, -0.15) is 0 Å². The van der Waals surface area contributed by atoms with Gasteiger partial charge in [-0.25, -0.2) is 0 Å². The predicted octanol–water partition coefficient (Wildman–Crippen LogP) is 2.95. The number of likely N-dealkylation sites (tertiary alicyclic amines) is 1. The van der Waals surface area contributed by atoms with Crippen LogP contribution >= 0.6 is 0 Å². The Morgan fingerprint density at radius 3 is 2.50 bits per heavy atom. The molecular weight excluding hydrogens is 248 g/mol. The molecule has 2 aliphatic heterocycles. The molecule has 3 aliphatic rings. The van der Waals surface area contributed by atoms with Gasteiger partial charge in [-0.15, -0.1) is 0 Å². The molecule has 1 N–H and O–H groups in total. The maximum Gasteiger partial charge on any atom is 0.222 e. The lowest BCUT2D eigenvalue weighted by atomic mass is 9.88. The van der Waals surface area contributed by atoms with E-state index in [1.165, 1.54) is 51.4 Å². The maximum absolute atomic E-state index is 12.6. The van der Waals surface area contributed by atoms with Crippen molar-refractivity contribution in [2.75, 3.05) is 19.6 Å². The standard InChI is InChI=1S/C17H30N2O/c20-17(8-7-14-4-1-2-5-14)19-13-3-6-16(19)15-9-11-18-12-10-15/h14-16,18H,1-13H2. The molecule has 3 rings (SSSR count). The van der Waals surface area contributed by atoms with Crippen molar-refractivity contribution in [1.29, 1.82) is 0 Å². The topological polar surface area (TPSA) is 32.3 Å². The molecule has 3 fully saturated rings. The Labute approximate surface area is 123 Å². The second-order valence-electron chi connectivity index (χ2n) is 7.07. The van der Waals surface area contributed by atoms with Gasteiger partial charge in [-0.05, 0) is 57.0 Å². The summed E-state index contributed by atoms with van der Waals surface area (Å²) in [7, 11) is 0. The van der Waals surface area contributed by atoms with Gasteiger partial charge < -0.3 is 10.2 Å². The van der Waals surface area contributed by atoms with Crippen molar-refractivity contribution < 1.29 is 4.79 Å². The predicted molar refractivity (Wildman–Crippen MR) is 81.5 cm³/mol. The lowest BCUT2D eigenvalue weighted by Gasteiger charge is -2.34. The van der Waals surface area contributed by atoms with Gasteiger partial charge in [0.25, 0.3) is 0 Å². The van der Waals surface area contributed by atoms with Crippen LogP contribution in [0, 0.1) is 11.8 Å². The van der Waals surface area contributed by atoms with E-state index in [2.05, 4.69) is 10.2 Å². The van der Waals surface area contributed by atoms with Crippen molar-refractivity contribution in [3.8, 4) is 0 Å². The van der Waals surface area contributed by atoms with E-state index < -0.39 is 0 Å². The highest BCUT2D eigenvalue weighted by Crippen LogP contribution is 2.32. The molecule has 20 heavy (non-hydrogen) atoms. The molecule has 1 amide bonds. The van der Waals surface area contributed by atoms with Crippen LogP contribution in [0.3, 0.4) is 0 Å². The number of nitrogens with zero attached hydrogens (tertiary/aromatic N) is 1. The van der Waals surface area contributed by atoms with Gasteiger partial charge in [0.2, 0.25) is 5.91 Å². The first kappa shape index (κ1) is 14.4. The van der Waals surface area contributed by atoms with Crippen LogP contribution < -0.4 is 5.32 Å². The number of carbonyl (C=O) groups excluding carboxylic acids is 1. The first-order chi connectivity index (χ1) is 9.84. The third-order valence-corrected chi connectivity index (χ3v) is 5.79. The molecule has 3 heteroatoms. The Balaban J connectivity index is 1.49. The van der Waals surface area contributed by atoms with Crippen molar-refractivity contribution in [3.63, 3.8) is 0 Å². The van der Waals surface area contributed by atoms with Gasteiger partial charge in [-0.3, -0.25) is 4.79 Å². The van der Waals surface area contributed by atoms with E-state index in [4.69, 9.17) is 0 Å². The third-order valence-electron chi connectivity index (χ3n) is 5.79. The molecule has 1 unspecified atom stereocenters. The Bertz CT molecular complexity index is 319. The number of hydrogen-bond acceptors (Lipinski definition) is 2. The van der Waals surface area contributed by atoms with Crippen LogP contribution in [-0.2, 0) is 4.79 Å². The summed E-state index contributed by atoms with van der Waals surface area (Å²) in [6.45, 7) is 3.31. The van der Waals surface area contributed by atoms with Crippen molar-refractivity contribution in [3.05, 3.63) is 0 Å². The van der Waals surface area contributed by atoms with Crippen molar-refractivity contribution in [2.45, 2.75) is 70.3 Å². The molecule has 2 saturated heterocycles. The van der Waals surface area contributed by atoms with Crippen LogP contribution in [0.15, 0.2) is 0 Å². The fraction of sp³-hybridized carbons (Fsp3) is 0.941. The number of hydrogen-bond donors (Lipinski definition) is 1. The smallest absolute Gasteiger partial charge is 0.222 e. The van der Waals surface area contributed by atoms with Crippen LogP contribution in [0.25, 0.3) is 0 Å². The lowest BCUT2D eigenvalue weighted by Crippen LogP contribution is -2.43. The molecule has 1 aliphatic carbocycles. The number of nitrogens with one attached hydrogen (secondary N) is 1. The van der Waals surface area contributed by atoms with E-state index in [0.717, 1.165) is 44.3 Å². The zero-order valence-electron chi connectivity index (χ0n) is 12.8. The van der Waals surface area contributed by atoms with Crippen molar-refractivity contribution in [2.24, 2.45) is 11.8 Å². The quantitative estimate of drug-likeness (QED) is 0.857. The van der Waals surface area contributed by atoms with E-state index in [1.807, 2.05) is 0 Å². The Hall–Kier alpha value is -0.570. The Morgan fingerprint density at radius 2 is 1.75 bits per heavy atom. The summed E-state index contributed by atoms with van der Waals surface area (Å²) < 4.78 is 0. The first-order valence-electron chi connectivity index (χ1n) is 8.85. The largest absolute Gasteiger partial charge is 0.339 e. The van der Waals surface area contributed by atoms with Crippen LogP contribution in [-0.4, -0.2) is 36.5 Å². The number of piperidine rings is 1. The fourth-order valence-electron chi connectivity index (χ4n) is 4.59. The van der Waals surface area contributed by atoms with Crippen LogP contribution in [0.5, 0.6) is 0 Å². The molecule has 1 saturated carbocycles. The third kappa shape index (κ3) is 3.36. The van der Waals surface area contributed by atoms with Crippen molar-refractivity contribution in [1.82, 2.24) is 10.2 Å². The van der Waals surface area contributed by atoms with Crippen LogP contribution in [0.2, 0.25) is 0 Å². The molecule has 114 valence electrons. The summed E-state index contributed by atoms with van der Waals surface area (Å²) in [5.41, 5.74) is 0. The SMILES string of the molecule is O=C(CCC1CCCC1)N1CCCC1C1CCNCC1. The molecule has 1 atom stereocenters. The average molecular weight is 278 g/mol. The molecule has 0 aromatic rings. The minimum atomic E-state index is 0.456. The van der Waals surface area contributed by atoms with Gasteiger partial charge >= 0.3 is 0 Å². The van der Waals surface area contributed by atoms with Gasteiger partial charge in [0.1, 0.15) is 0 Å². The highest BCUT2D eigenvalue weighted by molar-refractivity contribution is 5.76. The zero-order valence-corrected chi connectivity index (χ0v) is 12.8. The van der Waals surface area contributed by atoms with Crippen LogP contribution in [0.1, 0.15) is 64.2 Å². The summed E-state index contributed by atoms with van der Waals surface area (Å²) in [5, 5.41) is 3.44. The summed E-state index contributed by atoms with van der Waals surface area (Å²) in [5.74, 6) is 2.06. The summed E-state index contributed by atoms with van der Waals surface area (Å²) >= 11 is 0. The second-order valence-corrected chi connectivity index (χ2v) is 7.07. The highest BCUT2D eigenvalue weighted by Gasteiger charge is 2.35. The number of rotatable bonds is 4.